The third-order valence-electron chi connectivity index (χ3n) is 7.81. The van der Waals surface area contributed by atoms with Crippen LogP contribution < -0.4 is 10.2 Å². The van der Waals surface area contributed by atoms with Crippen LogP contribution in [0.5, 0.6) is 0 Å². The molecule has 0 radical (unpaired) electrons. The summed E-state index contributed by atoms with van der Waals surface area (Å²) in [6, 6.07) is 17.6. The summed E-state index contributed by atoms with van der Waals surface area (Å²) in [5.41, 5.74) is 5.50. The molecule has 2 heterocycles. The van der Waals surface area contributed by atoms with E-state index in [1.54, 1.807) is 0 Å². The van der Waals surface area contributed by atoms with Gasteiger partial charge in [-0.15, -0.1) is 0 Å². The summed E-state index contributed by atoms with van der Waals surface area (Å²) in [7, 11) is 4.18. The lowest BCUT2D eigenvalue weighted by atomic mass is 9.72. The fraction of sp³-hybridized carbons (Fsp3) is 0.500. The molecule has 1 N–H and O–H groups in total. The molecule has 2 aromatic rings. The third-order valence-corrected chi connectivity index (χ3v) is 7.81. The Kier molecular flexibility index (Phi) is 5.06. The van der Waals surface area contributed by atoms with Gasteiger partial charge in [-0.25, -0.2) is 0 Å². The Morgan fingerprint density at radius 1 is 1.10 bits per heavy atom. The minimum Gasteiger partial charge on any atom is -0.378 e. The van der Waals surface area contributed by atoms with Crippen molar-refractivity contribution in [1.29, 1.82) is 0 Å². The first-order valence-electron chi connectivity index (χ1n) is 11.4. The van der Waals surface area contributed by atoms with Crippen LogP contribution in [0.15, 0.2) is 48.5 Å². The van der Waals surface area contributed by atoms with Crippen LogP contribution in [0.4, 0.5) is 5.69 Å². The Labute approximate surface area is 180 Å². The third kappa shape index (κ3) is 3.22. The van der Waals surface area contributed by atoms with Crippen molar-refractivity contribution >= 4 is 11.6 Å². The Hall–Kier alpha value is -2.33. The molecule has 1 spiro atoms. The van der Waals surface area contributed by atoms with E-state index in [0.29, 0.717) is 11.8 Å². The van der Waals surface area contributed by atoms with Crippen LogP contribution in [0.25, 0.3) is 0 Å². The molecule has 2 aromatic carbocycles. The normalized spacial score (nSPS) is 26.2. The zero-order chi connectivity index (χ0) is 20.7. The van der Waals surface area contributed by atoms with Gasteiger partial charge in [-0.2, -0.15) is 0 Å². The lowest BCUT2D eigenvalue weighted by molar-refractivity contribution is -0.137. The number of rotatable bonds is 3. The van der Waals surface area contributed by atoms with Crippen molar-refractivity contribution in [3.8, 4) is 0 Å². The van der Waals surface area contributed by atoms with E-state index in [1.807, 2.05) is 0 Å². The molecule has 4 nitrogen and oxygen atoms in total. The highest BCUT2D eigenvalue weighted by Gasteiger charge is 2.52. The van der Waals surface area contributed by atoms with Crippen molar-refractivity contribution in [2.45, 2.75) is 37.0 Å². The van der Waals surface area contributed by atoms with Gasteiger partial charge in [0.2, 0.25) is 5.91 Å². The van der Waals surface area contributed by atoms with Crippen LogP contribution in [-0.4, -0.2) is 51.1 Å². The zero-order valence-electron chi connectivity index (χ0n) is 18.2. The molecular weight excluding hydrogens is 370 g/mol. The number of carbonyl (C=O) groups is 1. The van der Waals surface area contributed by atoms with Crippen molar-refractivity contribution < 1.29 is 4.79 Å². The lowest BCUT2D eigenvalue weighted by Crippen LogP contribution is -2.47. The summed E-state index contributed by atoms with van der Waals surface area (Å²) in [4.78, 5) is 18.0. The maximum Gasteiger partial charge on any atom is 0.227 e. The van der Waals surface area contributed by atoms with Gasteiger partial charge < -0.3 is 15.1 Å². The van der Waals surface area contributed by atoms with Gasteiger partial charge in [-0.3, -0.25) is 4.79 Å². The van der Waals surface area contributed by atoms with Crippen LogP contribution >= 0.6 is 0 Å². The minimum absolute atomic E-state index is 0.0203. The Morgan fingerprint density at radius 2 is 1.87 bits per heavy atom. The number of nitrogens with one attached hydrogen (secondary N) is 1. The zero-order valence-corrected chi connectivity index (χ0v) is 18.2. The van der Waals surface area contributed by atoms with E-state index >= 15 is 0 Å². The van der Waals surface area contributed by atoms with Crippen LogP contribution in [0.1, 0.15) is 41.9 Å². The van der Waals surface area contributed by atoms with Gasteiger partial charge in [0.1, 0.15) is 0 Å². The van der Waals surface area contributed by atoms with Crippen LogP contribution in [-0.2, 0) is 16.6 Å². The van der Waals surface area contributed by atoms with Crippen LogP contribution in [0.2, 0.25) is 0 Å². The number of hydrogen-bond donors (Lipinski definition) is 1. The molecule has 0 bridgehead atoms. The van der Waals surface area contributed by atoms with Gasteiger partial charge in [0.15, 0.2) is 0 Å². The van der Waals surface area contributed by atoms with Crippen molar-refractivity contribution in [1.82, 2.24) is 10.2 Å². The monoisotopic (exact) mass is 403 g/mol. The number of carbonyl (C=O) groups excluding carboxylic acids is 1. The second-order valence-electron chi connectivity index (χ2n) is 9.59. The molecule has 2 saturated heterocycles. The molecule has 5 rings (SSSR count). The van der Waals surface area contributed by atoms with Crippen LogP contribution in [0.3, 0.4) is 0 Å². The first-order chi connectivity index (χ1) is 14.6. The van der Waals surface area contributed by atoms with Gasteiger partial charge in [-0.05, 0) is 60.4 Å². The average Bonchev–Trinajstić information content (AvgIpc) is 3.38. The molecule has 158 valence electrons. The highest BCUT2D eigenvalue weighted by molar-refractivity contribution is 5.82. The number of hydrogen-bond acceptors (Lipinski definition) is 3. The number of amides is 1. The number of anilines is 1. The van der Waals surface area contributed by atoms with Gasteiger partial charge in [-0.1, -0.05) is 36.4 Å². The first-order valence-corrected chi connectivity index (χ1v) is 11.4. The van der Waals surface area contributed by atoms with E-state index in [1.165, 1.54) is 22.4 Å². The SMILES string of the molecule is CN(C)c1ccc2c(c1)CCC21CNCC1C(=O)N1CCC(c2ccccc2)CC1. The summed E-state index contributed by atoms with van der Waals surface area (Å²) >= 11 is 0. The molecule has 2 aliphatic heterocycles. The Bertz CT molecular complexity index is 917. The number of piperidine rings is 1. The summed E-state index contributed by atoms with van der Waals surface area (Å²) in [5, 5.41) is 3.58. The van der Waals surface area contributed by atoms with E-state index in [9.17, 15) is 4.79 Å². The minimum atomic E-state index is -0.0203. The number of aryl methyl sites for hydroxylation is 1. The topological polar surface area (TPSA) is 35.6 Å². The fourth-order valence-electron chi connectivity index (χ4n) is 6.05. The molecule has 1 amide bonds. The van der Waals surface area contributed by atoms with Gasteiger partial charge >= 0.3 is 0 Å². The summed E-state index contributed by atoms with van der Waals surface area (Å²) < 4.78 is 0. The highest BCUT2D eigenvalue weighted by Crippen LogP contribution is 2.48. The van der Waals surface area contributed by atoms with E-state index in [0.717, 1.165) is 51.9 Å². The summed E-state index contributed by atoms with van der Waals surface area (Å²) in [6.45, 7) is 3.51. The summed E-state index contributed by atoms with van der Waals surface area (Å²) in [5.74, 6) is 1.02. The maximum atomic E-state index is 13.7. The molecule has 4 heteroatoms. The predicted octanol–water partition coefficient (Wildman–Crippen LogP) is 3.56. The molecule has 0 saturated carbocycles. The predicted molar refractivity (Wildman–Crippen MR) is 122 cm³/mol. The van der Waals surface area contributed by atoms with Gasteiger partial charge in [0.05, 0.1) is 5.92 Å². The molecule has 2 unspecified atom stereocenters. The molecule has 2 atom stereocenters. The van der Waals surface area contributed by atoms with Crippen LogP contribution in [0, 0.1) is 5.92 Å². The Balaban J connectivity index is 1.33. The van der Waals surface area contributed by atoms with Gasteiger partial charge in [0, 0.05) is 51.4 Å². The average molecular weight is 404 g/mol. The quantitative estimate of drug-likeness (QED) is 0.851. The maximum absolute atomic E-state index is 13.7. The number of benzene rings is 2. The lowest BCUT2D eigenvalue weighted by Gasteiger charge is -2.38. The van der Waals surface area contributed by atoms with Crippen molar-refractivity contribution in [3.63, 3.8) is 0 Å². The largest absolute Gasteiger partial charge is 0.378 e. The highest BCUT2D eigenvalue weighted by atomic mass is 16.2. The van der Waals surface area contributed by atoms with E-state index in [-0.39, 0.29) is 11.3 Å². The van der Waals surface area contributed by atoms with Gasteiger partial charge in [0.25, 0.3) is 0 Å². The molecule has 1 aliphatic carbocycles. The Morgan fingerprint density at radius 3 is 2.60 bits per heavy atom. The molecule has 3 aliphatic rings. The molecule has 2 fully saturated rings. The smallest absolute Gasteiger partial charge is 0.227 e. The number of likely N-dealkylation sites (tertiary alicyclic amines) is 1. The van der Waals surface area contributed by atoms with Crippen molar-refractivity contribution in [2.24, 2.45) is 5.92 Å². The van der Waals surface area contributed by atoms with E-state index in [2.05, 4.69) is 77.7 Å². The number of nitrogens with zero attached hydrogens (tertiary/aromatic N) is 2. The molecular formula is C26H33N3O. The second-order valence-corrected chi connectivity index (χ2v) is 9.59. The van der Waals surface area contributed by atoms with E-state index < -0.39 is 0 Å². The molecule has 0 aromatic heterocycles. The van der Waals surface area contributed by atoms with Crippen molar-refractivity contribution in [3.05, 3.63) is 65.2 Å². The van der Waals surface area contributed by atoms with E-state index in [4.69, 9.17) is 0 Å². The first kappa shape index (κ1) is 19.6. The van der Waals surface area contributed by atoms with Crippen molar-refractivity contribution in [2.75, 3.05) is 45.2 Å². The molecule has 30 heavy (non-hydrogen) atoms. The summed E-state index contributed by atoms with van der Waals surface area (Å²) in [6.07, 6.45) is 4.32. The fourth-order valence-corrected chi connectivity index (χ4v) is 6.05. The second kappa shape index (κ2) is 7.73. The standard InChI is InChI=1S/C26H33N3O/c1-28(2)22-8-9-23-21(16-22)10-13-26(23)18-27-17-24(26)25(30)29-14-11-20(12-15-29)19-6-4-3-5-7-19/h3-9,16,20,24,27H,10-15,17-18H2,1-2H3. The number of fused-ring (bicyclic) bond motifs is 2.